The quantitative estimate of drug-likeness (QED) is 0.379. The summed E-state index contributed by atoms with van der Waals surface area (Å²) in [7, 11) is 1.55. The van der Waals surface area contributed by atoms with Gasteiger partial charge in [0.25, 0.3) is 5.78 Å². The summed E-state index contributed by atoms with van der Waals surface area (Å²) in [6, 6.07) is 9.68. The van der Waals surface area contributed by atoms with Crippen LogP contribution in [-0.2, 0) is 9.59 Å². The monoisotopic (exact) mass is 426 g/mol. The van der Waals surface area contributed by atoms with Gasteiger partial charge in [0.1, 0.15) is 17.6 Å². The number of nitrogens with zero attached hydrogens (tertiary/aromatic N) is 2. The van der Waals surface area contributed by atoms with Crippen LogP contribution in [0, 0.1) is 13.8 Å². The average Bonchev–Trinajstić information content (AvgIpc) is 3.42. The number of anilines is 1. The predicted molar refractivity (Wildman–Crippen MR) is 114 cm³/mol. The summed E-state index contributed by atoms with van der Waals surface area (Å²) in [5.41, 5.74) is 1.32. The zero-order valence-electron chi connectivity index (χ0n) is 16.0. The van der Waals surface area contributed by atoms with E-state index < -0.39 is 17.7 Å². The molecule has 2 aromatic heterocycles. The Bertz CT molecular complexity index is 1090. The van der Waals surface area contributed by atoms with E-state index >= 15 is 0 Å². The maximum absolute atomic E-state index is 13.0. The molecule has 0 aliphatic carbocycles. The molecule has 0 spiro atoms. The number of ketones is 1. The smallest absolute Gasteiger partial charge is 0.301 e. The first kappa shape index (κ1) is 19.4. The number of aryl methyl sites for hydroxylation is 2. The molecule has 1 N–H and O–H groups in total. The molecule has 1 saturated heterocycles. The lowest BCUT2D eigenvalue weighted by Crippen LogP contribution is -2.29. The van der Waals surface area contributed by atoms with E-state index in [-0.39, 0.29) is 11.3 Å². The summed E-state index contributed by atoms with van der Waals surface area (Å²) in [5, 5.41) is 13.3. The van der Waals surface area contributed by atoms with Gasteiger partial charge < -0.3 is 9.84 Å². The van der Waals surface area contributed by atoms with Crippen molar-refractivity contribution in [1.82, 2.24) is 4.98 Å². The SMILES string of the molecule is COc1ccc(C(O)=C2C(=O)C(=O)N(c3nc(C)c(C)s3)C2c2cccs2)cc1. The number of hydrogen-bond donors (Lipinski definition) is 1. The van der Waals surface area contributed by atoms with Crippen LogP contribution in [0.15, 0.2) is 47.4 Å². The van der Waals surface area contributed by atoms with Gasteiger partial charge >= 0.3 is 5.91 Å². The number of ether oxygens (including phenoxy) is 1. The van der Waals surface area contributed by atoms with Crippen LogP contribution in [-0.4, -0.2) is 28.9 Å². The van der Waals surface area contributed by atoms with Crippen LogP contribution in [0.1, 0.15) is 27.1 Å². The molecule has 0 saturated carbocycles. The van der Waals surface area contributed by atoms with E-state index in [1.54, 1.807) is 31.4 Å². The van der Waals surface area contributed by atoms with Crippen molar-refractivity contribution in [2.45, 2.75) is 19.9 Å². The Kier molecular flexibility index (Phi) is 4.97. The van der Waals surface area contributed by atoms with Crippen molar-refractivity contribution in [1.29, 1.82) is 0 Å². The van der Waals surface area contributed by atoms with E-state index in [4.69, 9.17) is 4.74 Å². The van der Waals surface area contributed by atoms with Crippen molar-refractivity contribution >= 4 is 45.3 Å². The van der Waals surface area contributed by atoms with Gasteiger partial charge in [-0.15, -0.1) is 22.7 Å². The molecule has 1 atom stereocenters. The zero-order valence-corrected chi connectivity index (χ0v) is 17.6. The Morgan fingerprint density at radius 2 is 1.90 bits per heavy atom. The van der Waals surface area contributed by atoms with Gasteiger partial charge in [-0.2, -0.15) is 0 Å². The van der Waals surface area contributed by atoms with Crippen molar-refractivity contribution in [3.05, 3.63) is 68.4 Å². The normalized spacial score (nSPS) is 18.4. The summed E-state index contributed by atoms with van der Waals surface area (Å²) in [6.45, 7) is 3.79. The van der Waals surface area contributed by atoms with E-state index in [0.717, 1.165) is 15.4 Å². The standard InChI is InChI=1S/C21H18N2O4S2/c1-11-12(2)29-21(22-11)23-17(15-5-4-10-28-15)16(19(25)20(23)26)18(24)13-6-8-14(27-3)9-7-13/h4-10,17,24H,1-3H3. The summed E-state index contributed by atoms with van der Waals surface area (Å²) < 4.78 is 5.15. The second-order valence-electron chi connectivity index (χ2n) is 6.55. The van der Waals surface area contributed by atoms with Crippen molar-refractivity contribution < 1.29 is 19.4 Å². The largest absolute Gasteiger partial charge is 0.507 e. The topological polar surface area (TPSA) is 79.7 Å². The lowest BCUT2D eigenvalue weighted by molar-refractivity contribution is -0.132. The highest BCUT2D eigenvalue weighted by Crippen LogP contribution is 2.44. The van der Waals surface area contributed by atoms with E-state index in [0.29, 0.717) is 16.4 Å². The number of Topliss-reactive ketones (excluding diaryl/α,β-unsaturated/α-hetero) is 1. The molecule has 1 fully saturated rings. The van der Waals surface area contributed by atoms with Gasteiger partial charge in [-0.1, -0.05) is 6.07 Å². The summed E-state index contributed by atoms with van der Waals surface area (Å²) in [4.78, 5) is 33.6. The number of aliphatic hydroxyl groups excluding tert-OH is 1. The number of amides is 1. The van der Waals surface area contributed by atoms with Gasteiger partial charge in [-0.25, -0.2) is 4.98 Å². The third-order valence-corrected chi connectivity index (χ3v) is 6.84. The molecule has 1 unspecified atom stereocenters. The summed E-state index contributed by atoms with van der Waals surface area (Å²) in [6.07, 6.45) is 0. The predicted octanol–water partition coefficient (Wildman–Crippen LogP) is 4.46. The Morgan fingerprint density at radius 3 is 2.45 bits per heavy atom. The second kappa shape index (κ2) is 7.46. The lowest BCUT2D eigenvalue weighted by atomic mass is 10.00. The highest BCUT2D eigenvalue weighted by molar-refractivity contribution is 7.16. The van der Waals surface area contributed by atoms with Crippen molar-refractivity contribution in [2.75, 3.05) is 12.0 Å². The molecule has 29 heavy (non-hydrogen) atoms. The number of rotatable bonds is 4. The number of thiophene rings is 1. The fourth-order valence-corrected chi connectivity index (χ4v) is 4.97. The molecule has 3 heterocycles. The first-order valence-corrected chi connectivity index (χ1v) is 10.5. The van der Waals surface area contributed by atoms with Crippen LogP contribution in [0.4, 0.5) is 5.13 Å². The first-order chi connectivity index (χ1) is 13.9. The molecule has 148 valence electrons. The van der Waals surface area contributed by atoms with Crippen molar-refractivity contribution in [3.63, 3.8) is 0 Å². The summed E-state index contributed by atoms with van der Waals surface area (Å²) in [5.74, 6) is -0.989. The van der Waals surface area contributed by atoms with Crippen LogP contribution in [0.25, 0.3) is 5.76 Å². The lowest BCUT2D eigenvalue weighted by Gasteiger charge is -2.21. The molecule has 1 aliphatic rings. The number of benzene rings is 1. The third-order valence-electron chi connectivity index (χ3n) is 4.84. The maximum atomic E-state index is 13.0. The van der Waals surface area contributed by atoms with Crippen LogP contribution in [0.2, 0.25) is 0 Å². The molecule has 8 heteroatoms. The molecule has 0 radical (unpaired) electrons. The Labute approximate surface area is 175 Å². The molecule has 4 rings (SSSR count). The number of carbonyl (C=O) groups is 2. The molecular formula is C21H18N2O4S2. The van der Waals surface area contributed by atoms with Crippen LogP contribution in [0.3, 0.4) is 0 Å². The van der Waals surface area contributed by atoms with Gasteiger partial charge in [0, 0.05) is 15.3 Å². The van der Waals surface area contributed by atoms with Gasteiger partial charge in [0.15, 0.2) is 5.13 Å². The minimum absolute atomic E-state index is 0.0631. The number of aliphatic hydroxyl groups is 1. The van der Waals surface area contributed by atoms with Crippen molar-refractivity contribution in [3.8, 4) is 5.75 Å². The molecule has 1 aliphatic heterocycles. The Balaban J connectivity index is 1.89. The fourth-order valence-electron chi connectivity index (χ4n) is 3.21. The highest BCUT2D eigenvalue weighted by Gasteiger charge is 2.48. The van der Waals surface area contributed by atoms with Crippen LogP contribution < -0.4 is 9.64 Å². The van der Waals surface area contributed by atoms with Crippen LogP contribution >= 0.6 is 22.7 Å². The number of methoxy groups -OCH3 is 1. The van der Waals surface area contributed by atoms with Gasteiger partial charge in [0.2, 0.25) is 0 Å². The first-order valence-electron chi connectivity index (χ1n) is 8.85. The van der Waals surface area contributed by atoms with Crippen molar-refractivity contribution in [2.24, 2.45) is 0 Å². The maximum Gasteiger partial charge on any atom is 0.301 e. The second-order valence-corrected chi connectivity index (χ2v) is 8.71. The van der Waals surface area contributed by atoms with E-state index in [1.807, 2.05) is 31.4 Å². The molecule has 3 aromatic rings. The molecule has 6 nitrogen and oxygen atoms in total. The van der Waals surface area contributed by atoms with E-state index in [1.165, 1.54) is 27.6 Å². The number of hydrogen-bond acceptors (Lipinski definition) is 7. The minimum Gasteiger partial charge on any atom is -0.507 e. The fraction of sp³-hybridized carbons (Fsp3) is 0.190. The number of thiazole rings is 1. The Morgan fingerprint density at radius 1 is 1.17 bits per heavy atom. The Hall–Kier alpha value is -2.97. The van der Waals surface area contributed by atoms with Gasteiger partial charge in [-0.3, -0.25) is 14.5 Å². The number of carbonyl (C=O) groups excluding carboxylic acids is 2. The number of aromatic nitrogens is 1. The average molecular weight is 427 g/mol. The minimum atomic E-state index is -0.720. The molecular weight excluding hydrogens is 408 g/mol. The van der Waals surface area contributed by atoms with E-state index in [9.17, 15) is 14.7 Å². The molecule has 1 amide bonds. The van der Waals surface area contributed by atoms with E-state index in [2.05, 4.69) is 4.98 Å². The van der Waals surface area contributed by atoms with Gasteiger partial charge in [0.05, 0.1) is 18.4 Å². The zero-order chi connectivity index (χ0) is 20.7. The van der Waals surface area contributed by atoms with Gasteiger partial charge in [-0.05, 0) is 49.6 Å². The molecule has 1 aromatic carbocycles. The molecule has 0 bridgehead atoms. The third kappa shape index (κ3) is 3.24. The highest BCUT2D eigenvalue weighted by atomic mass is 32.1. The summed E-state index contributed by atoms with van der Waals surface area (Å²) >= 11 is 2.78. The van der Waals surface area contributed by atoms with Crippen LogP contribution in [0.5, 0.6) is 5.75 Å².